The average molecular weight is 303 g/mol. The first-order chi connectivity index (χ1) is 10.6. The smallest absolute Gasteiger partial charge is 0.332 e. The Morgan fingerprint density at radius 3 is 2.59 bits per heavy atom. The molecule has 0 saturated heterocycles. The van der Waals surface area contributed by atoms with Crippen molar-refractivity contribution in [1.82, 2.24) is 5.32 Å². The van der Waals surface area contributed by atoms with Crippen LogP contribution in [0.25, 0.3) is 0 Å². The number of rotatable bonds is 4. The number of carbonyl (C=O) groups excluding carboxylic acids is 1. The first-order valence-corrected chi connectivity index (χ1v) is 7.27. The van der Waals surface area contributed by atoms with Crippen LogP contribution in [0.1, 0.15) is 31.2 Å². The van der Waals surface area contributed by atoms with Crippen molar-refractivity contribution in [2.45, 2.75) is 32.2 Å². The van der Waals surface area contributed by atoms with Gasteiger partial charge in [0.15, 0.2) is 11.5 Å². The summed E-state index contributed by atoms with van der Waals surface area (Å²) in [4.78, 5) is 23.4. The van der Waals surface area contributed by atoms with Gasteiger partial charge in [0.05, 0.1) is 0 Å². The number of ether oxygens (including phenoxy) is 2. The van der Waals surface area contributed by atoms with E-state index in [0.29, 0.717) is 36.5 Å². The van der Waals surface area contributed by atoms with E-state index in [2.05, 4.69) is 5.32 Å². The lowest BCUT2D eigenvalue weighted by Gasteiger charge is -2.17. The molecular formula is C16H17NO5. The molecule has 0 radical (unpaired) electrons. The van der Waals surface area contributed by atoms with Gasteiger partial charge in [0, 0.05) is 17.7 Å². The first-order valence-electron chi connectivity index (χ1n) is 7.27. The quantitative estimate of drug-likeness (QED) is 0.888. The van der Waals surface area contributed by atoms with Crippen molar-refractivity contribution in [3.05, 3.63) is 34.9 Å². The molecule has 1 amide bonds. The largest absolute Gasteiger partial charge is 0.478 e. The van der Waals surface area contributed by atoms with Gasteiger partial charge in [-0.2, -0.15) is 0 Å². The lowest BCUT2D eigenvalue weighted by molar-refractivity contribution is -0.133. The molecule has 0 fully saturated rings. The van der Waals surface area contributed by atoms with Crippen LogP contribution >= 0.6 is 0 Å². The van der Waals surface area contributed by atoms with Crippen molar-refractivity contribution in [2.24, 2.45) is 0 Å². The Kier molecular flexibility index (Phi) is 4.00. The summed E-state index contributed by atoms with van der Waals surface area (Å²) in [5.74, 6) is 0.0655. The van der Waals surface area contributed by atoms with Gasteiger partial charge in [0.2, 0.25) is 12.7 Å². The van der Waals surface area contributed by atoms with Gasteiger partial charge in [-0.25, -0.2) is 4.79 Å². The van der Waals surface area contributed by atoms with Crippen molar-refractivity contribution in [3.63, 3.8) is 0 Å². The Hall–Kier alpha value is -2.50. The second-order valence-corrected chi connectivity index (χ2v) is 5.34. The maximum Gasteiger partial charge on any atom is 0.332 e. The molecule has 22 heavy (non-hydrogen) atoms. The molecule has 1 aromatic carbocycles. The molecule has 0 spiro atoms. The fourth-order valence-electron chi connectivity index (χ4n) is 2.73. The number of amides is 1. The number of hydrogen-bond acceptors (Lipinski definition) is 4. The van der Waals surface area contributed by atoms with Gasteiger partial charge in [-0.15, -0.1) is 0 Å². The summed E-state index contributed by atoms with van der Waals surface area (Å²) in [7, 11) is 0. The fourth-order valence-corrected chi connectivity index (χ4v) is 2.73. The molecule has 1 aliphatic carbocycles. The molecule has 0 saturated carbocycles. The van der Waals surface area contributed by atoms with E-state index in [4.69, 9.17) is 9.47 Å². The van der Waals surface area contributed by atoms with E-state index in [1.807, 2.05) is 12.1 Å². The number of fused-ring (bicyclic) bond motifs is 1. The molecule has 2 aliphatic rings. The van der Waals surface area contributed by atoms with E-state index in [9.17, 15) is 14.7 Å². The number of nitrogens with one attached hydrogen (secondary N) is 1. The van der Waals surface area contributed by atoms with Gasteiger partial charge in [0.1, 0.15) is 0 Å². The van der Waals surface area contributed by atoms with Crippen LogP contribution in [0.2, 0.25) is 0 Å². The molecule has 1 aromatic rings. The zero-order valence-electron chi connectivity index (χ0n) is 12.1. The van der Waals surface area contributed by atoms with E-state index in [1.165, 1.54) is 0 Å². The first kappa shape index (κ1) is 14.4. The van der Waals surface area contributed by atoms with Crippen molar-refractivity contribution in [2.75, 3.05) is 6.79 Å². The fraction of sp³-hybridized carbons (Fsp3) is 0.375. The highest BCUT2D eigenvalue weighted by atomic mass is 16.7. The van der Waals surface area contributed by atoms with E-state index < -0.39 is 5.97 Å². The van der Waals surface area contributed by atoms with Crippen molar-refractivity contribution < 1.29 is 24.2 Å². The Morgan fingerprint density at radius 2 is 1.82 bits per heavy atom. The number of carbonyl (C=O) groups is 2. The van der Waals surface area contributed by atoms with Crippen LogP contribution in [0.15, 0.2) is 29.3 Å². The van der Waals surface area contributed by atoms with E-state index in [-0.39, 0.29) is 18.3 Å². The summed E-state index contributed by atoms with van der Waals surface area (Å²) in [5.41, 5.74) is 1.53. The molecule has 6 heteroatoms. The average Bonchev–Trinajstić information content (AvgIpc) is 3.00. The summed E-state index contributed by atoms with van der Waals surface area (Å²) in [6.07, 6.45) is 2.65. The van der Waals surface area contributed by atoms with Gasteiger partial charge in [-0.3, -0.25) is 4.79 Å². The topological polar surface area (TPSA) is 84.9 Å². The van der Waals surface area contributed by atoms with Crippen LogP contribution in [-0.2, 0) is 16.1 Å². The third kappa shape index (κ3) is 2.90. The normalized spacial score (nSPS) is 16.5. The van der Waals surface area contributed by atoms with E-state index in [1.54, 1.807) is 6.07 Å². The summed E-state index contributed by atoms with van der Waals surface area (Å²) >= 11 is 0. The molecule has 1 aliphatic heterocycles. The second kappa shape index (κ2) is 6.09. The molecule has 3 rings (SSSR count). The summed E-state index contributed by atoms with van der Waals surface area (Å²) < 4.78 is 10.5. The number of carboxylic acid groups (broad SMARTS) is 1. The molecule has 116 valence electrons. The minimum absolute atomic E-state index is 0.208. The van der Waals surface area contributed by atoms with Crippen LogP contribution < -0.4 is 14.8 Å². The summed E-state index contributed by atoms with van der Waals surface area (Å²) in [6.45, 7) is 0.534. The Balaban J connectivity index is 1.68. The highest BCUT2D eigenvalue weighted by molar-refractivity contribution is 6.02. The molecular weight excluding hydrogens is 286 g/mol. The number of benzene rings is 1. The maximum absolute atomic E-state index is 12.2. The number of aliphatic carboxylic acids is 1. The van der Waals surface area contributed by atoms with Crippen molar-refractivity contribution in [1.29, 1.82) is 0 Å². The van der Waals surface area contributed by atoms with E-state index >= 15 is 0 Å². The zero-order chi connectivity index (χ0) is 15.5. The molecule has 6 nitrogen and oxygen atoms in total. The number of carboxylic acids is 1. The van der Waals surface area contributed by atoms with Crippen LogP contribution in [0.3, 0.4) is 0 Å². The highest BCUT2D eigenvalue weighted by Gasteiger charge is 2.23. The van der Waals surface area contributed by atoms with Crippen molar-refractivity contribution >= 4 is 11.9 Å². The van der Waals surface area contributed by atoms with Crippen LogP contribution in [0, 0.1) is 0 Å². The minimum Gasteiger partial charge on any atom is -0.478 e. The van der Waals surface area contributed by atoms with Gasteiger partial charge in [-0.05, 0) is 43.4 Å². The van der Waals surface area contributed by atoms with E-state index in [0.717, 1.165) is 18.4 Å². The van der Waals surface area contributed by atoms with Gasteiger partial charge in [0.25, 0.3) is 0 Å². The molecule has 0 unspecified atom stereocenters. The Morgan fingerprint density at radius 1 is 1.09 bits per heavy atom. The Bertz CT molecular complexity index is 650. The highest BCUT2D eigenvalue weighted by Crippen LogP contribution is 2.32. The summed E-state index contributed by atoms with van der Waals surface area (Å²) in [6, 6.07) is 5.46. The van der Waals surface area contributed by atoms with Crippen LogP contribution in [0.5, 0.6) is 11.5 Å². The monoisotopic (exact) mass is 303 g/mol. The second-order valence-electron chi connectivity index (χ2n) is 5.34. The predicted octanol–water partition coefficient (Wildman–Crippen LogP) is 1.99. The molecule has 1 heterocycles. The Labute approximate surface area is 127 Å². The third-order valence-electron chi connectivity index (χ3n) is 3.89. The lowest BCUT2D eigenvalue weighted by Crippen LogP contribution is -2.28. The van der Waals surface area contributed by atoms with Crippen LogP contribution in [0.4, 0.5) is 0 Å². The zero-order valence-corrected chi connectivity index (χ0v) is 12.1. The molecule has 0 bridgehead atoms. The molecule has 0 atom stereocenters. The third-order valence-corrected chi connectivity index (χ3v) is 3.89. The molecule has 0 aromatic heterocycles. The van der Waals surface area contributed by atoms with Crippen LogP contribution in [-0.4, -0.2) is 23.8 Å². The predicted molar refractivity (Wildman–Crippen MR) is 77.5 cm³/mol. The number of hydrogen-bond donors (Lipinski definition) is 2. The van der Waals surface area contributed by atoms with Gasteiger partial charge < -0.3 is 19.9 Å². The van der Waals surface area contributed by atoms with Gasteiger partial charge in [-0.1, -0.05) is 6.07 Å². The standard InChI is InChI=1S/C16H17NO5/c18-15(11-3-1-2-4-12(11)16(19)20)17-8-10-5-6-13-14(7-10)22-9-21-13/h5-7H,1-4,8-9H2,(H,17,18)(H,19,20). The SMILES string of the molecule is O=C(O)C1=C(C(=O)NCc2ccc3c(c2)OCO3)CCCC1. The maximum atomic E-state index is 12.2. The lowest BCUT2D eigenvalue weighted by atomic mass is 9.91. The van der Waals surface area contributed by atoms with Crippen molar-refractivity contribution in [3.8, 4) is 11.5 Å². The molecule has 2 N–H and O–H groups in total. The van der Waals surface area contributed by atoms with Gasteiger partial charge >= 0.3 is 5.97 Å². The minimum atomic E-state index is -0.993. The summed E-state index contributed by atoms with van der Waals surface area (Å²) in [5, 5.41) is 12.0.